The van der Waals surface area contributed by atoms with E-state index in [0.717, 1.165) is 66.7 Å². The largest absolute Gasteiger partial charge is 0.496 e. The van der Waals surface area contributed by atoms with Crippen molar-refractivity contribution in [3.63, 3.8) is 0 Å². The van der Waals surface area contributed by atoms with Crippen LogP contribution in [0.4, 0.5) is 5.82 Å². The fraction of sp³-hybridized carbons (Fsp3) is 0.458. The van der Waals surface area contributed by atoms with Gasteiger partial charge in [-0.2, -0.15) is 0 Å². The molecule has 1 aromatic heterocycles. The Labute approximate surface area is 190 Å². The Morgan fingerprint density at radius 1 is 1.25 bits per heavy atom. The van der Waals surface area contributed by atoms with E-state index < -0.39 is 0 Å². The molecule has 1 amide bonds. The van der Waals surface area contributed by atoms with Gasteiger partial charge in [-0.3, -0.25) is 4.79 Å². The van der Waals surface area contributed by atoms with Crippen LogP contribution < -0.4 is 26.0 Å². The van der Waals surface area contributed by atoms with Crippen LogP contribution in [0.25, 0.3) is 0 Å². The van der Waals surface area contributed by atoms with E-state index in [4.69, 9.17) is 15.5 Å². The fourth-order valence-corrected chi connectivity index (χ4v) is 3.90. The molecule has 32 heavy (non-hydrogen) atoms. The lowest BCUT2D eigenvalue weighted by Crippen LogP contribution is -2.40. The van der Waals surface area contributed by atoms with Crippen LogP contribution in [0.1, 0.15) is 36.5 Å². The number of carbonyl (C=O) groups excluding carboxylic acids is 1. The van der Waals surface area contributed by atoms with Crippen LogP contribution in [0, 0.1) is 12.8 Å². The normalized spacial score (nSPS) is 14.8. The van der Waals surface area contributed by atoms with Gasteiger partial charge in [0.25, 0.3) is 0 Å². The number of hydrogen-bond acceptors (Lipinski definition) is 5. The summed E-state index contributed by atoms with van der Waals surface area (Å²) in [5.74, 6) is 2.28. The Balaban J connectivity index is 1.67. The number of aromatic nitrogens is 1. The molecule has 8 heteroatoms. The summed E-state index contributed by atoms with van der Waals surface area (Å²) in [7, 11) is 1.68. The van der Waals surface area contributed by atoms with Gasteiger partial charge in [-0.15, -0.1) is 0 Å². The van der Waals surface area contributed by atoms with Gasteiger partial charge in [-0.25, -0.2) is 9.98 Å². The topological polar surface area (TPSA) is 105 Å². The highest BCUT2D eigenvalue weighted by atomic mass is 16.5. The van der Waals surface area contributed by atoms with Gasteiger partial charge in [0.05, 0.1) is 13.7 Å². The maximum atomic E-state index is 11.5. The van der Waals surface area contributed by atoms with Crippen molar-refractivity contribution in [1.29, 1.82) is 0 Å². The molecule has 1 saturated heterocycles. The van der Waals surface area contributed by atoms with E-state index in [1.54, 1.807) is 7.11 Å². The number of benzene rings is 1. The molecule has 2 heterocycles. The van der Waals surface area contributed by atoms with Gasteiger partial charge in [-0.05, 0) is 44.4 Å². The number of guanidine groups is 1. The molecule has 8 nitrogen and oxygen atoms in total. The first-order valence-electron chi connectivity index (χ1n) is 11.2. The fourth-order valence-electron chi connectivity index (χ4n) is 3.90. The molecule has 0 spiro atoms. The molecule has 0 atom stereocenters. The van der Waals surface area contributed by atoms with Crippen molar-refractivity contribution < 1.29 is 9.53 Å². The number of piperidine rings is 1. The molecule has 0 bridgehead atoms. The minimum atomic E-state index is -0.204. The third-order valence-corrected chi connectivity index (χ3v) is 5.70. The summed E-state index contributed by atoms with van der Waals surface area (Å²) in [5, 5.41) is 6.72. The zero-order valence-corrected chi connectivity index (χ0v) is 19.2. The number of rotatable bonds is 8. The number of nitrogens with one attached hydrogen (secondary N) is 2. The lowest BCUT2D eigenvalue weighted by Gasteiger charge is -2.32. The van der Waals surface area contributed by atoms with E-state index in [-0.39, 0.29) is 11.8 Å². The van der Waals surface area contributed by atoms with E-state index in [1.165, 1.54) is 0 Å². The van der Waals surface area contributed by atoms with Gasteiger partial charge in [0, 0.05) is 49.4 Å². The molecular weight excluding hydrogens is 404 g/mol. The Kier molecular flexibility index (Phi) is 8.30. The molecule has 3 rings (SSSR count). The summed E-state index contributed by atoms with van der Waals surface area (Å²) in [6.45, 7) is 7.51. The van der Waals surface area contributed by atoms with Crippen molar-refractivity contribution >= 4 is 17.7 Å². The van der Waals surface area contributed by atoms with Crippen LogP contribution >= 0.6 is 0 Å². The zero-order valence-electron chi connectivity index (χ0n) is 19.2. The standard InChI is InChI=1S/C24H34N6O2/c1-4-26-24(28-15-19-8-7-17(2)14-21(19)32-3)29-16-20-6-5-11-27-23(20)30-12-9-18(10-13-30)22(25)31/h5-8,11,14,18H,4,9-10,12-13,15-16H2,1-3H3,(H2,25,31)(H2,26,28,29). The smallest absolute Gasteiger partial charge is 0.220 e. The van der Waals surface area contributed by atoms with Gasteiger partial charge in [0.2, 0.25) is 5.91 Å². The summed E-state index contributed by atoms with van der Waals surface area (Å²) >= 11 is 0. The third kappa shape index (κ3) is 6.12. The number of carbonyl (C=O) groups is 1. The number of methoxy groups -OCH3 is 1. The molecule has 0 radical (unpaired) electrons. The van der Waals surface area contributed by atoms with Crippen molar-refractivity contribution in [3.05, 3.63) is 53.2 Å². The average Bonchev–Trinajstić information content (AvgIpc) is 2.81. The SMILES string of the molecule is CCNC(=NCc1ccc(C)cc1OC)NCc1cccnc1N1CCC(C(N)=O)CC1. The number of aliphatic imine (C=N–C) groups is 1. The van der Waals surface area contributed by atoms with Crippen LogP contribution in [0.5, 0.6) is 5.75 Å². The number of hydrogen-bond donors (Lipinski definition) is 3. The average molecular weight is 439 g/mol. The summed E-state index contributed by atoms with van der Waals surface area (Å²) in [5.41, 5.74) is 8.76. The second-order valence-electron chi connectivity index (χ2n) is 8.01. The first-order chi connectivity index (χ1) is 15.5. The van der Waals surface area contributed by atoms with E-state index in [0.29, 0.717) is 13.1 Å². The number of nitrogens with two attached hydrogens (primary N) is 1. The van der Waals surface area contributed by atoms with Crippen LogP contribution in [-0.4, -0.2) is 43.6 Å². The first kappa shape index (κ1) is 23.4. The summed E-state index contributed by atoms with van der Waals surface area (Å²) in [6.07, 6.45) is 3.34. The number of anilines is 1. The van der Waals surface area contributed by atoms with Gasteiger partial charge in [-0.1, -0.05) is 18.2 Å². The lowest BCUT2D eigenvalue weighted by atomic mass is 9.96. The van der Waals surface area contributed by atoms with Crippen molar-refractivity contribution in [2.75, 3.05) is 31.6 Å². The molecule has 4 N–H and O–H groups in total. The highest BCUT2D eigenvalue weighted by Crippen LogP contribution is 2.24. The maximum absolute atomic E-state index is 11.5. The molecule has 1 fully saturated rings. The number of amides is 1. The van der Waals surface area contributed by atoms with Crippen LogP contribution in [0.2, 0.25) is 0 Å². The predicted molar refractivity (Wildman–Crippen MR) is 128 cm³/mol. The molecule has 2 aromatic rings. The highest BCUT2D eigenvalue weighted by molar-refractivity contribution is 5.80. The second-order valence-corrected chi connectivity index (χ2v) is 8.01. The van der Waals surface area contributed by atoms with Crippen molar-refractivity contribution in [2.45, 2.75) is 39.8 Å². The minimum Gasteiger partial charge on any atom is -0.496 e. The van der Waals surface area contributed by atoms with E-state index in [9.17, 15) is 4.79 Å². The summed E-state index contributed by atoms with van der Waals surface area (Å²) < 4.78 is 5.50. The molecule has 0 aliphatic carbocycles. The third-order valence-electron chi connectivity index (χ3n) is 5.70. The second kappa shape index (κ2) is 11.4. The van der Waals surface area contributed by atoms with Crippen LogP contribution in [0.15, 0.2) is 41.5 Å². The van der Waals surface area contributed by atoms with Crippen molar-refractivity contribution in [1.82, 2.24) is 15.6 Å². The van der Waals surface area contributed by atoms with Crippen LogP contribution in [-0.2, 0) is 17.9 Å². The molecule has 1 aromatic carbocycles. The van der Waals surface area contributed by atoms with Crippen LogP contribution in [0.3, 0.4) is 0 Å². The van der Waals surface area contributed by atoms with Gasteiger partial charge < -0.3 is 26.0 Å². The number of primary amides is 1. The number of pyridine rings is 1. The number of aryl methyl sites for hydroxylation is 1. The Bertz CT molecular complexity index is 938. The van der Waals surface area contributed by atoms with Gasteiger partial charge in [0.1, 0.15) is 11.6 Å². The van der Waals surface area contributed by atoms with E-state index in [2.05, 4.69) is 38.7 Å². The predicted octanol–water partition coefficient (Wildman–Crippen LogP) is 2.36. The molecule has 1 aliphatic heterocycles. The van der Waals surface area contributed by atoms with E-state index in [1.807, 2.05) is 32.2 Å². The van der Waals surface area contributed by atoms with Gasteiger partial charge >= 0.3 is 0 Å². The molecule has 1 aliphatic rings. The molecule has 172 valence electrons. The first-order valence-corrected chi connectivity index (χ1v) is 11.2. The van der Waals surface area contributed by atoms with Gasteiger partial charge in [0.15, 0.2) is 5.96 Å². The summed E-state index contributed by atoms with van der Waals surface area (Å²) in [6, 6.07) is 10.2. The minimum absolute atomic E-state index is 0.0391. The molecule has 0 unspecified atom stereocenters. The molecular formula is C24H34N6O2. The maximum Gasteiger partial charge on any atom is 0.220 e. The Morgan fingerprint density at radius 3 is 2.72 bits per heavy atom. The monoisotopic (exact) mass is 438 g/mol. The van der Waals surface area contributed by atoms with E-state index >= 15 is 0 Å². The molecule has 0 saturated carbocycles. The zero-order chi connectivity index (χ0) is 22.9. The summed E-state index contributed by atoms with van der Waals surface area (Å²) in [4.78, 5) is 23.1. The quantitative estimate of drug-likeness (QED) is 0.432. The van der Waals surface area contributed by atoms with Crippen molar-refractivity contribution in [3.8, 4) is 5.75 Å². The number of ether oxygens (including phenoxy) is 1. The lowest BCUT2D eigenvalue weighted by molar-refractivity contribution is -0.122. The Morgan fingerprint density at radius 2 is 2.03 bits per heavy atom. The van der Waals surface area contributed by atoms with Crippen molar-refractivity contribution in [2.24, 2.45) is 16.6 Å². The highest BCUT2D eigenvalue weighted by Gasteiger charge is 2.25. The number of nitrogens with zero attached hydrogens (tertiary/aromatic N) is 3. The Hall–Kier alpha value is -3.29.